The topological polar surface area (TPSA) is 32.5 Å². The third kappa shape index (κ3) is 2.67. The minimum atomic E-state index is 0.609. The van der Waals surface area contributed by atoms with E-state index in [9.17, 15) is 0 Å². The number of benzene rings is 1. The third-order valence-corrected chi connectivity index (χ3v) is 3.86. The Labute approximate surface area is 108 Å². The van der Waals surface area contributed by atoms with Gasteiger partial charge in [-0.25, -0.2) is 0 Å². The summed E-state index contributed by atoms with van der Waals surface area (Å²) in [7, 11) is 2.19. The standard InChI is InChI=1S/C13H20ClN3/c1-3-11-9-17(7-6-16(11)2)13-5-4-10(15)8-12(13)14/h4-5,8,11H,3,6-7,9,15H2,1-2H3. The fraction of sp³-hybridized carbons (Fsp3) is 0.538. The Morgan fingerprint density at radius 2 is 2.18 bits per heavy atom. The van der Waals surface area contributed by atoms with Crippen LogP contribution in [-0.2, 0) is 0 Å². The quantitative estimate of drug-likeness (QED) is 0.822. The van der Waals surface area contributed by atoms with Gasteiger partial charge in [0.25, 0.3) is 0 Å². The van der Waals surface area contributed by atoms with Crippen LogP contribution >= 0.6 is 11.6 Å². The van der Waals surface area contributed by atoms with E-state index < -0.39 is 0 Å². The average Bonchev–Trinajstić information content (AvgIpc) is 2.30. The summed E-state index contributed by atoms with van der Waals surface area (Å²) in [4.78, 5) is 4.78. The lowest BCUT2D eigenvalue weighted by Crippen LogP contribution is -2.51. The van der Waals surface area contributed by atoms with Gasteiger partial charge in [0.15, 0.2) is 0 Å². The summed E-state index contributed by atoms with van der Waals surface area (Å²) in [5, 5.41) is 0.754. The van der Waals surface area contributed by atoms with Crippen LogP contribution in [0.15, 0.2) is 18.2 Å². The molecule has 0 aromatic heterocycles. The number of nitrogen functional groups attached to an aromatic ring is 1. The highest BCUT2D eigenvalue weighted by atomic mass is 35.5. The molecule has 1 aliphatic heterocycles. The first-order chi connectivity index (χ1) is 8.11. The van der Waals surface area contributed by atoms with Crippen LogP contribution in [0.1, 0.15) is 13.3 Å². The van der Waals surface area contributed by atoms with Gasteiger partial charge in [-0.3, -0.25) is 4.90 Å². The highest BCUT2D eigenvalue weighted by Gasteiger charge is 2.23. The molecule has 1 saturated heterocycles. The number of rotatable bonds is 2. The van der Waals surface area contributed by atoms with Gasteiger partial charge in [-0.15, -0.1) is 0 Å². The molecule has 0 radical (unpaired) electrons. The number of likely N-dealkylation sites (N-methyl/N-ethyl adjacent to an activating group) is 1. The maximum Gasteiger partial charge on any atom is 0.0660 e. The molecular weight excluding hydrogens is 234 g/mol. The molecule has 1 unspecified atom stereocenters. The van der Waals surface area contributed by atoms with Crippen molar-refractivity contribution in [2.45, 2.75) is 19.4 Å². The Morgan fingerprint density at radius 1 is 1.41 bits per heavy atom. The molecule has 1 aromatic rings. The predicted molar refractivity (Wildman–Crippen MR) is 74.8 cm³/mol. The van der Waals surface area contributed by atoms with Gasteiger partial charge in [-0.05, 0) is 31.7 Å². The van der Waals surface area contributed by atoms with Gasteiger partial charge in [0.1, 0.15) is 0 Å². The maximum atomic E-state index is 6.25. The normalized spacial score (nSPS) is 21.8. The zero-order valence-electron chi connectivity index (χ0n) is 10.5. The second kappa shape index (κ2) is 5.15. The van der Waals surface area contributed by atoms with E-state index in [1.165, 1.54) is 6.42 Å². The number of halogens is 1. The van der Waals surface area contributed by atoms with Crippen molar-refractivity contribution >= 4 is 23.0 Å². The predicted octanol–water partition coefficient (Wildman–Crippen LogP) is 2.45. The smallest absolute Gasteiger partial charge is 0.0660 e. The molecule has 0 amide bonds. The number of nitrogens with two attached hydrogens (primary N) is 1. The molecule has 94 valence electrons. The number of anilines is 2. The van der Waals surface area contributed by atoms with Gasteiger partial charge in [-0.2, -0.15) is 0 Å². The Bertz CT molecular complexity index is 394. The lowest BCUT2D eigenvalue weighted by molar-refractivity contribution is 0.213. The van der Waals surface area contributed by atoms with Gasteiger partial charge in [-0.1, -0.05) is 18.5 Å². The van der Waals surface area contributed by atoms with Crippen LogP contribution in [0.5, 0.6) is 0 Å². The SMILES string of the molecule is CCC1CN(c2ccc(N)cc2Cl)CCN1C. The monoisotopic (exact) mass is 253 g/mol. The van der Waals surface area contributed by atoms with Crippen molar-refractivity contribution in [3.05, 3.63) is 23.2 Å². The summed E-state index contributed by atoms with van der Waals surface area (Å²) in [6.45, 7) is 5.38. The molecule has 0 spiro atoms. The Hall–Kier alpha value is -0.930. The minimum absolute atomic E-state index is 0.609. The zero-order valence-corrected chi connectivity index (χ0v) is 11.2. The number of hydrogen-bond acceptors (Lipinski definition) is 3. The third-order valence-electron chi connectivity index (χ3n) is 3.56. The van der Waals surface area contributed by atoms with Crippen molar-refractivity contribution in [2.24, 2.45) is 0 Å². The molecular formula is C13H20ClN3. The van der Waals surface area contributed by atoms with E-state index in [4.69, 9.17) is 17.3 Å². The maximum absolute atomic E-state index is 6.25. The molecule has 0 saturated carbocycles. The highest BCUT2D eigenvalue weighted by molar-refractivity contribution is 6.33. The molecule has 1 fully saturated rings. The summed E-state index contributed by atoms with van der Waals surface area (Å²) in [5.74, 6) is 0. The molecule has 17 heavy (non-hydrogen) atoms. The van der Waals surface area contributed by atoms with E-state index in [1.54, 1.807) is 0 Å². The Balaban J connectivity index is 2.17. The summed E-state index contributed by atoms with van der Waals surface area (Å²) in [6, 6.07) is 6.38. The summed E-state index contributed by atoms with van der Waals surface area (Å²) in [6.07, 6.45) is 1.17. The number of nitrogens with zero attached hydrogens (tertiary/aromatic N) is 2. The summed E-state index contributed by atoms with van der Waals surface area (Å²) < 4.78 is 0. The molecule has 1 heterocycles. The number of piperazine rings is 1. The van der Waals surface area contributed by atoms with Crippen LogP contribution in [0.25, 0.3) is 0 Å². The van der Waals surface area contributed by atoms with Crippen molar-refractivity contribution in [1.29, 1.82) is 0 Å². The van der Waals surface area contributed by atoms with Crippen molar-refractivity contribution < 1.29 is 0 Å². The van der Waals surface area contributed by atoms with E-state index in [0.717, 1.165) is 36.0 Å². The first kappa shape index (κ1) is 12.5. The van der Waals surface area contributed by atoms with E-state index in [-0.39, 0.29) is 0 Å². The first-order valence-electron chi connectivity index (χ1n) is 6.12. The summed E-state index contributed by atoms with van der Waals surface area (Å²) >= 11 is 6.25. The van der Waals surface area contributed by atoms with Crippen LogP contribution in [-0.4, -0.2) is 37.6 Å². The molecule has 0 bridgehead atoms. The van der Waals surface area contributed by atoms with Gasteiger partial charge in [0, 0.05) is 31.4 Å². The number of hydrogen-bond donors (Lipinski definition) is 1. The molecule has 4 heteroatoms. The average molecular weight is 254 g/mol. The van der Waals surface area contributed by atoms with E-state index in [0.29, 0.717) is 6.04 Å². The fourth-order valence-electron chi connectivity index (χ4n) is 2.39. The molecule has 1 atom stereocenters. The molecule has 1 aliphatic rings. The second-order valence-electron chi connectivity index (χ2n) is 4.70. The van der Waals surface area contributed by atoms with E-state index in [2.05, 4.69) is 23.8 Å². The Morgan fingerprint density at radius 3 is 2.82 bits per heavy atom. The lowest BCUT2D eigenvalue weighted by atomic mass is 10.1. The molecule has 0 aliphatic carbocycles. The first-order valence-corrected chi connectivity index (χ1v) is 6.49. The van der Waals surface area contributed by atoms with Gasteiger partial charge in [0.2, 0.25) is 0 Å². The van der Waals surface area contributed by atoms with Gasteiger partial charge >= 0.3 is 0 Å². The van der Waals surface area contributed by atoms with Gasteiger partial charge < -0.3 is 10.6 Å². The fourth-order valence-corrected chi connectivity index (χ4v) is 2.69. The molecule has 3 nitrogen and oxygen atoms in total. The van der Waals surface area contributed by atoms with Crippen LogP contribution in [0, 0.1) is 0 Å². The molecule has 2 N–H and O–H groups in total. The molecule has 1 aromatic carbocycles. The highest BCUT2D eigenvalue weighted by Crippen LogP contribution is 2.29. The van der Waals surface area contributed by atoms with Crippen LogP contribution < -0.4 is 10.6 Å². The van der Waals surface area contributed by atoms with Crippen LogP contribution in [0.4, 0.5) is 11.4 Å². The Kier molecular flexibility index (Phi) is 3.79. The largest absolute Gasteiger partial charge is 0.399 e. The van der Waals surface area contributed by atoms with Gasteiger partial charge in [0.05, 0.1) is 10.7 Å². The van der Waals surface area contributed by atoms with Crippen LogP contribution in [0.2, 0.25) is 5.02 Å². The lowest BCUT2D eigenvalue weighted by Gasteiger charge is -2.40. The van der Waals surface area contributed by atoms with E-state index >= 15 is 0 Å². The summed E-state index contributed by atoms with van der Waals surface area (Å²) in [5.41, 5.74) is 7.55. The second-order valence-corrected chi connectivity index (χ2v) is 5.11. The molecule has 2 rings (SSSR count). The van der Waals surface area contributed by atoms with Crippen LogP contribution in [0.3, 0.4) is 0 Å². The van der Waals surface area contributed by atoms with Crippen molar-refractivity contribution in [3.63, 3.8) is 0 Å². The minimum Gasteiger partial charge on any atom is -0.399 e. The van der Waals surface area contributed by atoms with Crippen molar-refractivity contribution in [2.75, 3.05) is 37.3 Å². The zero-order chi connectivity index (χ0) is 12.4. The van der Waals surface area contributed by atoms with Crippen molar-refractivity contribution in [3.8, 4) is 0 Å². The van der Waals surface area contributed by atoms with Crippen molar-refractivity contribution in [1.82, 2.24) is 4.90 Å². The van der Waals surface area contributed by atoms with E-state index in [1.807, 2.05) is 18.2 Å².